The number of imidazole rings is 1. The first-order valence-corrected chi connectivity index (χ1v) is 23.9. The Bertz CT molecular complexity index is 2460. The number of benzene rings is 2. The number of aromatic nitrogens is 3. The fraction of sp³-hybridized carbons (Fsp3) is 0.510. The van der Waals surface area contributed by atoms with Gasteiger partial charge in [-0.1, -0.05) is 62.7 Å². The monoisotopic (exact) mass is 953 g/mol. The van der Waals surface area contributed by atoms with Crippen LogP contribution in [0, 0.1) is 11.8 Å². The van der Waals surface area contributed by atoms with Crippen molar-refractivity contribution in [1.82, 2.24) is 30.1 Å². The highest BCUT2D eigenvalue weighted by Gasteiger charge is 2.30. The maximum Gasteiger partial charge on any atom is 0.312 e. The molecule has 2 atom stereocenters. The number of urea groups is 1. The summed E-state index contributed by atoms with van der Waals surface area (Å²) >= 11 is 0. The van der Waals surface area contributed by atoms with E-state index in [0.29, 0.717) is 81.2 Å². The number of nitrogens with one attached hydrogen (secondary N) is 2. The molecular formula is C51H68N8O10. The third-order valence-electron chi connectivity index (χ3n) is 12.0. The highest BCUT2D eigenvalue weighted by molar-refractivity contribution is 6.12. The number of esters is 1. The molecule has 1 aliphatic rings. The van der Waals surface area contributed by atoms with E-state index in [0.717, 1.165) is 22.0 Å². The van der Waals surface area contributed by atoms with E-state index in [1.54, 1.807) is 24.3 Å². The van der Waals surface area contributed by atoms with Crippen LogP contribution in [0.5, 0.6) is 0 Å². The highest BCUT2D eigenvalue weighted by Crippen LogP contribution is 2.31. The molecule has 6 N–H and O–H groups in total. The van der Waals surface area contributed by atoms with E-state index < -0.39 is 29.5 Å². The average molecular weight is 953 g/mol. The summed E-state index contributed by atoms with van der Waals surface area (Å²) in [6.07, 6.45) is 5.70. The summed E-state index contributed by atoms with van der Waals surface area (Å²) in [6.45, 7) is 11.7. The molecule has 18 nitrogen and oxygen atoms in total. The zero-order valence-corrected chi connectivity index (χ0v) is 40.6. The Labute approximate surface area is 403 Å². The second-order valence-corrected chi connectivity index (χ2v) is 18.4. The predicted octanol–water partition coefficient (Wildman–Crippen LogP) is 5.78. The minimum Gasteiger partial charge on any atom is -0.461 e. The number of nitrogen functional groups attached to an aromatic ring is 1. The van der Waals surface area contributed by atoms with E-state index in [-0.39, 0.29) is 87.1 Å². The number of para-hydroxylation sites is 1. The van der Waals surface area contributed by atoms with E-state index in [2.05, 4.69) is 20.2 Å². The fourth-order valence-corrected chi connectivity index (χ4v) is 8.19. The van der Waals surface area contributed by atoms with Gasteiger partial charge in [-0.15, -0.1) is 0 Å². The maximum absolute atomic E-state index is 13.7. The summed E-state index contributed by atoms with van der Waals surface area (Å²) in [5.41, 5.74) is 14.6. The largest absolute Gasteiger partial charge is 0.461 e. The lowest BCUT2D eigenvalue weighted by molar-refractivity contribution is -0.145. The molecule has 0 aliphatic carbocycles. The van der Waals surface area contributed by atoms with Gasteiger partial charge in [0, 0.05) is 75.4 Å². The molecule has 18 heteroatoms. The Morgan fingerprint density at radius 1 is 0.855 bits per heavy atom. The van der Waals surface area contributed by atoms with Gasteiger partial charge in [-0.2, -0.15) is 0 Å². The minimum absolute atomic E-state index is 0.00675. The number of carbonyl (C=O) groups excluding carboxylic acids is 7. The van der Waals surface area contributed by atoms with Gasteiger partial charge in [-0.05, 0) is 76.0 Å². The Morgan fingerprint density at radius 3 is 2.26 bits per heavy atom. The smallest absolute Gasteiger partial charge is 0.312 e. The van der Waals surface area contributed by atoms with Crippen LogP contribution in [0.25, 0.3) is 21.9 Å². The first-order valence-electron chi connectivity index (χ1n) is 23.9. The molecular weight excluding hydrogens is 885 g/mol. The minimum atomic E-state index is -0.884. The van der Waals surface area contributed by atoms with Crippen LogP contribution >= 0.6 is 0 Å². The lowest BCUT2D eigenvalue weighted by atomic mass is 9.88. The average Bonchev–Trinajstić information content (AvgIpc) is 3.83. The van der Waals surface area contributed by atoms with Crippen LogP contribution in [0.3, 0.4) is 0 Å². The van der Waals surface area contributed by atoms with Crippen LogP contribution in [0.1, 0.15) is 109 Å². The van der Waals surface area contributed by atoms with Crippen molar-refractivity contribution in [2.75, 3.05) is 32.0 Å². The van der Waals surface area contributed by atoms with Gasteiger partial charge >= 0.3 is 12.0 Å². The standard InChI is InChI=1S/C51H68N8O10/c1-6-67-31-42-57-46-47(37-15-9-10-16-39(37)55-48(46)52)59(42)32-51(4,5)69-27-13-18-45(64)68-30-35-21-19-34(20-22-35)28-41(61)40(17-12-25-54-50(53)66)56-49(65)38(33(2)3)29-36(60)14-8-7-11-26-58-43(62)23-24-44(58)63/h9-10,15-16,19-24,33,38,40H,6-8,11-14,17-18,25-32H2,1-5H3,(H2,52,55)(H,56,65)(H3,53,54,66)/t38-,40-/m0/s1. The molecule has 5 amide bonds. The number of unbranched alkanes of at least 4 members (excludes halogenated alkanes) is 2. The number of rotatable bonds is 30. The Kier molecular flexibility index (Phi) is 19.9. The van der Waals surface area contributed by atoms with Gasteiger partial charge in [0.05, 0.1) is 29.2 Å². The highest BCUT2D eigenvalue weighted by atomic mass is 16.5. The fourth-order valence-electron chi connectivity index (χ4n) is 8.19. The number of ketones is 2. The van der Waals surface area contributed by atoms with Crippen LogP contribution in [-0.4, -0.2) is 98.7 Å². The van der Waals surface area contributed by atoms with Crippen LogP contribution < -0.4 is 22.1 Å². The molecule has 0 bridgehead atoms. The summed E-state index contributed by atoms with van der Waals surface area (Å²) in [7, 11) is 0. The van der Waals surface area contributed by atoms with E-state index in [1.807, 2.05) is 58.9 Å². The summed E-state index contributed by atoms with van der Waals surface area (Å²) in [5, 5.41) is 6.32. The van der Waals surface area contributed by atoms with Gasteiger partial charge in [0.15, 0.2) is 11.6 Å². The van der Waals surface area contributed by atoms with Gasteiger partial charge in [0.25, 0.3) is 11.8 Å². The molecule has 0 saturated carbocycles. The quantitative estimate of drug-likeness (QED) is 0.0275. The number of amides is 5. The molecule has 5 rings (SSSR count). The number of primary amides is 1. The topological polar surface area (TPSA) is 257 Å². The predicted molar refractivity (Wildman–Crippen MR) is 260 cm³/mol. The number of pyridine rings is 1. The number of anilines is 1. The van der Waals surface area contributed by atoms with Gasteiger partial charge in [0.2, 0.25) is 5.91 Å². The van der Waals surface area contributed by atoms with E-state index in [4.69, 9.17) is 30.7 Å². The van der Waals surface area contributed by atoms with Crippen molar-refractivity contribution < 1.29 is 47.8 Å². The van der Waals surface area contributed by atoms with Crippen molar-refractivity contribution in [3.63, 3.8) is 0 Å². The van der Waals surface area contributed by atoms with Gasteiger partial charge in [0.1, 0.15) is 30.3 Å². The summed E-state index contributed by atoms with van der Waals surface area (Å²) < 4.78 is 19.7. The number of nitrogens with zero attached hydrogens (tertiary/aromatic N) is 4. The van der Waals surface area contributed by atoms with Gasteiger partial charge in [-0.25, -0.2) is 14.8 Å². The van der Waals surface area contributed by atoms with Crippen LogP contribution in [0.15, 0.2) is 60.7 Å². The van der Waals surface area contributed by atoms with Crippen LogP contribution in [-0.2, 0) is 69.2 Å². The van der Waals surface area contributed by atoms with Crippen LogP contribution in [0.2, 0.25) is 0 Å². The number of hydrogen-bond acceptors (Lipinski definition) is 13. The lowest BCUT2D eigenvalue weighted by Gasteiger charge is -2.27. The molecule has 1 aliphatic heterocycles. The van der Waals surface area contributed by atoms with E-state index in [1.165, 1.54) is 17.1 Å². The molecule has 0 unspecified atom stereocenters. The number of Topliss-reactive ketones (excluding diaryl/α,β-unsaturated/α-hetero) is 2. The molecule has 0 saturated heterocycles. The molecule has 0 fully saturated rings. The molecule has 372 valence electrons. The first kappa shape index (κ1) is 53.4. The van der Waals surface area contributed by atoms with E-state index >= 15 is 0 Å². The van der Waals surface area contributed by atoms with Gasteiger partial charge in [-0.3, -0.25) is 33.7 Å². The molecule has 0 radical (unpaired) electrons. The number of ether oxygens (including phenoxy) is 3. The summed E-state index contributed by atoms with van der Waals surface area (Å²) in [4.78, 5) is 98.5. The van der Waals surface area contributed by atoms with Crippen molar-refractivity contribution >= 4 is 69.0 Å². The Hall–Kier alpha value is -6.53. The molecule has 4 aromatic rings. The molecule has 2 aromatic heterocycles. The number of imide groups is 1. The second kappa shape index (κ2) is 25.7. The maximum atomic E-state index is 13.7. The van der Waals surface area contributed by atoms with Crippen molar-refractivity contribution in [2.45, 2.75) is 130 Å². The number of nitrogens with two attached hydrogens (primary N) is 2. The second-order valence-electron chi connectivity index (χ2n) is 18.4. The van der Waals surface area contributed by atoms with Crippen molar-refractivity contribution in [3.05, 3.63) is 77.6 Å². The Balaban J connectivity index is 1.08. The Morgan fingerprint density at radius 2 is 1.57 bits per heavy atom. The first-order chi connectivity index (χ1) is 33.0. The zero-order valence-electron chi connectivity index (χ0n) is 40.6. The van der Waals surface area contributed by atoms with Crippen molar-refractivity contribution in [3.8, 4) is 0 Å². The van der Waals surface area contributed by atoms with Crippen molar-refractivity contribution in [1.29, 1.82) is 0 Å². The normalized spacial score (nSPS) is 13.6. The molecule has 3 heterocycles. The number of fused-ring (bicyclic) bond motifs is 3. The van der Waals surface area contributed by atoms with Gasteiger partial charge < -0.3 is 40.9 Å². The van der Waals surface area contributed by atoms with Crippen LogP contribution in [0.4, 0.5) is 10.6 Å². The summed E-state index contributed by atoms with van der Waals surface area (Å²) in [6, 6.07) is 13.3. The molecule has 2 aromatic carbocycles. The van der Waals surface area contributed by atoms with E-state index in [9.17, 15) is 33.6 Å². The molecule has 0 spiro atoms. The third-order valence-corrected chi connectivity index (χ3v) is 12.0. The zero-order chi connectivity index (χ0) is 50.1. The summed E-state index contributed by atoms with van der Waals surface area (Å²) in [5.74, 6) is -1.59. The third kappa shape index (κ3) is 16.0. The number of carbonyl (C=O) groups is 7. The SMILES string of the molecule is CCOCc1nc2c(N)nc3ccccc3c2n1CC(C)(C)OCCCC(=O)OCc1ccc(CC(=O)[C@H](CCCNC(N)=O)NC(=O)[C@@H](CC(=O)CCCCCN2C(=O)C=CC2=O)C(C)C)cc1. The van der Waals surface area contributed by atoms with Crippen molar-refractivity contribution in [2.24, 2.45) is 17.6 Å². The molecule has 69 heavy (non-hydrogen) atoms. The lowest BCUT2D eigenvalue weighted by Crippen LogP contribution is -2.46. The number of hydrogen-bond donors (Lipinski definition) is 4.